The highest BCUT2D eigenvalue weighted by molar-refractivity contribution is 4.92. The number of aromatic nitrogens is 2. The van der Waals surface area contributed by atoms with Crippen molar-refractivity contribution in [2.24, 2.45) is 0 Å². The van der Waals surface area contributed by atoms with Crippen molar-refractivity contribution in [3.63, 3.8) is 0 Å². The molecule has 0 spiro atoms. The third-order valence-electron chi connectivity index (χ3n) is 1.87. The fourth-order valence-corrected chi connectivity index (χ4v) is 1.22. The number of rotatable bonds is 5. The largest absolute Gasteiger partial charge is 0.334 e. The van der Waals surface area contributed by atoms with Gasteiger partial charge in [0.1, 0.15) is 5.82 Å². The van der Waals surface area contributed by atoms with Gasteiger partial charge in [-0.25, -0.2) is 4.98 Å². The van der Waals surface area contributed by atoms with Gasteiger partial charge in [0, 0.05) is 31.9 Å². The first kappa shape index (κ1) is 9.82. The van der Waals surface area contributed by atoms with Crippen molar-refractivity contribution in [3.05, 3.63) is 18.2 Å². The van der Waals surface area contributed by atoms with Gasteiger partial charge in [-0.15, -0.1) is 6.42 Å². The van der Waals surface area contributed by atoms with Crippen LogP contribution in [-0.2, 0) is 13.0 Å². The third-order valence-corrected chi connectivity index (χ3v) is 1.87. The molecule has 1 rings (SSSR count). The molecular formula is C10H15N3. The Morgan fingerprint density at radius 1 is 1.69 bits per heavy atom. The van der Waals surface area contributed by atoms with Gasteiger partial charge in [0.15, 0.2) is 0 Å². The summed E-state index contributed by atoms with van der Waals surface area (Å²) in [5.74, 6) is 3.67. The molecule has 0 amide bonds. The van der Waals surface area contributed by atoms with Crippen LogP contribution in [-0.4, -0.2) is 22.6 Å². The van der Waals surface area contributed by atoms with Gasteiger partial charge in [0.25, 0.3) is 0 Å². The average Bonchev–Trinajstić information content (AvgIpc) is 2.60. The van der Waals surface area contributed by atoms with E-state index in [4.69, 9.17) is 6.42 Å². The van der Waals surface area contributed by atoms with Gasteiger partial charge in [0.05, 0.1) is 6.54 Å². The highest BCUT2D eigenvalue weighted by atomic mass is 15.1. The number of terminal acetylenes is 1. The summed E-state index contributed by atoms with van der Waals surface area (Å²) in [6.07, 6.45) is 9.92. The zero-order chi connectivity index (χ0) is 9.52. The van der Waals surface area contributed by atoms with Crippen LogP contribution in [0.1, 0.15) is 12.7 Å². The van der Waals surface area contributed by atoms with Crippen LogP contribution < -0.4 is 5.32 Å². The Morgan fingerprint density at radius 3 is 3.23 bits per heavy atom. The lowest BCUT2D eigenvalue weighted by atomic mass is 10.4. The molecule has 0 atom stereocenters. The van der Waals surface area contributed by atoms with E-state index in [9.17, 15) is 0 Å². The number of aryl methyl sites for hydroxylation is 1. The van der Waals surface area contributed by atoms with E-state index in [0.717, 1.165) is 25.3 Å². The highest BCUT2D eigenvalue weighted by Crippen LogP contribution is 1.96. The van der Waals surface area contributed by atoms with E-state index in [1.54, 1.807) is 0 Å². The average molecular weight is 177 g/mol. The summed E-state index contributed by atoms with van der Waals surface area (Å²) in [5.41, 5.74) is 0. The summed E-state index contributed by atoms with van der Waals surface area (Å²) in [4.78, 5) is 4.23. The second kappa shape index (κ2) is 5.39. The number of nitrogens with one attached hydrogen (secondary N) is 1. The SMILES string of the molecule is C#CCNCCn1ccnc1CC. The molecule has 3 heteroatoms. The van der Waals surface area contributed by atoms with Crippen molar-refractivity contribution in [2.75, 3.05) is 13.1 Å². The van der Waals surface area contributed by atoms with Gasteiger partial charge in [-0.3, -0.25) is 0 Å². The molecule has 0 aliphatic rings. The van der Waals surface area contributed by atoms with Crippen LogP contribution in [0, 0.1) is 12.3 Å². The smallest absolute Gasteiger partial charge is 0.108 e. The number of nitrogens with zero attached hydrogens (tertiary/aromatic N) is 2. The summed E-state index contributed by atoms with van der Waals surface area (Å²) in [6, 6.07) is 0. The van der Waals surface area contributed by atoms with Crippen molar-refractivity contribution in [1.82, 2.24) is 14.9 Å². The first-order valence-electron chi connectivity index (χ1n) is 4.52. The fraction of sp³-hybridized carbons (Fsp3) is 0.500. The molecule has 70 valence electrons. The maximum atomic E-state index is 5.11. The van der Waals surface area contributed by atoms with Crippen LogP contribution in [0.15, 0.2) is 12.4 Å². The first-order valence-corrected chi connectivity index (χ1v) is 4.52. The fourth-order valence-electron chi connectivity index (χ4n) is 1.22. The molecule has 1 aromatic rings. The Kier molecular flexibility index (Phi) is 4.07. The number of imidazole rings is 1. The van der Waals surface area contributed by atoms with E-state index in [1.165, 1.54) is 0 Å². The van der Waals surface area contributed by atoms with E-state index < -0.39 is 0 Å². The minimum absolute atomic E-state index is 0.635. The molecule has 1 aromatic heterocycles. The molecule has 0 aromatic carbocycles. The maximum Gasteiger partial charge on any atom is 0.108 e. The molecule has 0 aliphatic carbocycles. The molecule has 3 nitrogen and oxygen atoms in total. The van der Waals surface area contributed by atoms with Crippen molar-refractivity contribution < 1.29 is 0 Å². The van der Waals surface area contributed by atoms with Gasteiger partial charge in [0.2, 0.25) is 0 Å². The number of hydrogen-bond donors (Lipinski definition) is 1. The maximum absolute atomic E-state index is 5.11. The van der Waals surface area contributed by atoms with Gasteiger partial charge in [-0.1, -0.05) is 12.8 Å². The van der Waals surface area contributed by atoms with Crippen LogP contribution in [0.2, 0.25) is 0 Å². The molecule has 0 aliphatic heterocycles. The van der Waals surface area contributed by atoms with Crippen LogP contribution in [0.4, 0.5) is 0 Å². The lowest BCUT2D eigenvalue weighted by Crippen LogP contribution is -2.20. The molecule has 0 unspecified atom stereocenters. The molecule has 13 heavy (non-hydrogen) atoms. The van der Waals surface area contributed by atoms with Gasteiger partial charge < -0.3 is 9.88 Å². The van der Waals surface area contributed by atoms with Crippen molar-refractivity contribution >= 4 is 0 Å². The van der Waals surface area contributed by atoms with Crippen LogP contribution >= 0.6 is 0 Å². The summed E-state index contributed by atoms with van der Waals surface area (Å²) in [6.45, 7) is 4.57. The topological polar surface area (TPSA) is 29.9 Å². The van der Waals surface area contributed by atoms with Crippen LogP contribution in [0.25, 0.3) is 0 Å². The zero-order valence-corrected chi connectivity index (χ0v) is 7.95. The van der Waals surface area contributed by atoms with Gasteiger partial charge in [-0.05, 0) is 0 Å². The molecule has 0 radical (unpaired) electrons. The standard InChI is InChI=1S/C10H15N3/c1-3-5-11-6-8-13-9-7-12-10(13)4-2/h1,7,9,11H,4-6,8H2,2H3. The van der Waals surface area contributed by atoms with Crippen LogP contribution in [0.3, 0.4) is 0 Å². The Balaban J connectivity index is 2.32. The predicted octanol–water partition coefficient (Wildman–Crippen LogP) is 0.668. The molecule has 0 saturated carbocycles. The van der Waals surface area contributed by atoms with Gasteiger partial charge >= 0.3 is 0 Å². The second-order valence-corrected chi connectivity index (χ2v) is 2.77. The monoisotopic (exact) mass is 177 g/mol. The Labute approximate surface area is 79.2 Å². The lowest BCUT2D eigenvalue weighted by molar-refractivity contribution is 0.606. The third kappa shape index (κ3) is 2.92. The minimum atomic E-state index is 0.635. The molecule has 0 fully saturated rings. The lowest BCUT2D eigenvalue weighted by Gasteiger charge is -2.05. The van der Waals surface area contributed by atoms with E-state index in [2.05, 4.69) is 27.7 Å². The van der Waals surface area contributed by atoms with Crippen molar-refractivity contribution in [1.29, 1.82) is 0 Å². The van der Waals surface area contributed by atoms with Crippen molar-refractivity contribution in [3.8, 4) is 12.3 Å². The van der Waals surface area contributed by atoms with Crippen molar-refractivity contribution in [2.45, 2.75) is 19.9 Å². The molecular weight excluding hydrogens is 162 g/mol. The van der Waals surface area contributed by atoms with Crippen LogP contribution in [0.5, 0.6) is 0 Å². The molecule has 0 saturated heterocycles. The number of hydrogen-bond acceptors (Lipinski definition) is 2. The zero-order valence-electron chi connectivity index (χ0n) is 7.95. The van der Waals surface area contributed by atoms with E-state index >= 15 is 0 Å². The van der Waals surface area contributed by atoms with E-state index in [-0.39, 0.29) is 0 Å². The molecule has 1 N–H and O–H groups in total. The van der Waals surface area contributed by atoms with E-state index in [1.807, 2.05) is 12.4 Å². The summed E-state index contributed by atoms with van der Waals surface area (Å²) in [5, 5.41) is 3.14. The Hall–Kier alpha value is -1.27. The Morgan fingerprint density at radius 2 is 2.54 bits per heavy atom. The summed E-state index contributed by atoms with van der Waals surface area (Å²) in [7, 11) is 0. The summed E-state index contributed by atoms with van der Waals surface area (Å²) < 4.78 is 2.14. The summed E-state index contributed by atoms with van der Waals surface area (Å²) >= 11 is 0. The molecule has 0 bridgehead atoms. The van der Waals surface area contributed by atoms with E-state index in [0.29, 0.717) is 6.54 Å². The quantitative estimate of drug-likeness (QED) is 0.529. The molecule has 1 heterocycles. The Bertz CT molecular complexity index is 283. The minimum Gasteiger partial charge on any atom is -0.334 e. The normalized spacial score (nSPS) is 9.85. The highest BCUT2D eigenvalue weighted by Gasteiger charge is 1.97. The first-order chi connectivity index (χ1) is 6.38. The second-order valence-electron chi connectivity index (χ2n) is 2.77. The predicted molar refractivity (Wildman–Crippen MR) is 53.3 cm³/mol. The van der Waals surface area contributed by atoms with Gasteiger partial charge in [-0.2, -0.15) is 0 Å².